The minimum atomic E-state index is -0.799. The number of H-pyrrole nitrogens is 1. The molecular formula is C27H20BrN4O5S+. The maximum atomic E-state index is 13.4. The van der Waals surface area contributed by atoms with Crippen molar-refractivity contribution in [3.05, 3.63) is 111 Å². The van der Waals surface area contributed by atoms with E-state index in [2.05, 4.69) is 26.2 Å². The third-order valence-corrected chi connectivity index (χ3v) is 7.06. The van der Waals surface area contributed by atoms with Gasteiger partial charge in [0.15, 0.2) is 5.17 Å². The molecule has 38 heavy (non-hydrogen) atoms. The van der Waals surface area contributed by atoms with Crippen molar-refractivity contribution in [2.45, 2.75) is 0 Å². The summed E-state index contributed by atoms with van der Waals surface area (Å²) in [4.78, 5) is 45.0. The predicted octanol–water partition coefficient (Wildman–Crippen LogP) is 4.38. The fraction of sp³-hybridized carbons (Fsp3) is 0.0741. The van der Waals surface area contributed by atoms with E-state index in [0.717, 1.165) is 21.8 Å². The lowest BCUT2D eigenvalue weighted by atomic mass is 10.2. The fourth-order valence-electron chi connectivity index (χ4n) is 3.74. The first-order valence-corrected chi connectivity index (χ1v) is 13.1. The van der Waals surface area contributed by atoms with Crippen molar-refractivity contribution in [1.29, 1.82) is 0 Å². The second-order valence-corrected chi connectivity index (χ2v) is 9.88. The van der Waals surface area contributed by atoms with E-state index in [1.54, 1.807) is 49.6 Å². The highest BCUT2D eigenvalue weighted by atomic mass is 79.9. The Bertz CT molecular complexity index is 1610. The molecule has 3 aromatic carbocycles. The van der Waals surface area contributed by atoms with Gasteiger partial charge in [0.05, 0.1) is 18.6 Å². The minimum absolute atomic E-state index is 0.153. The minimum Gasteiger partial charge on any atom is -0.497 e. The van der Waals surface area contributed by atoms with Gasteiger partial charge in [0.2, 0.25) is 11.5 Å². The van der Waals surface area contributed by atoms with Crippen molar-refractivity contribution in [2.75, 3.05) is 17.8 Å². The zero-order chi connectivity index (χ0) is 26.6. The third-order valence-electron chi connectivity index (χ3n) is 5.59. The normalized spacial score (nSPS) is 14.2. The van der Waals surface area contributed by atoms with Crippen molar-refractivity contribution in [1.82, 2.24) is 5.27 Å². The van der Waals surface area contributed by atoms with Crippen molar-refractivity contribution in [2.24, 2.45) is 4.99 Å². The second kappa shape index (κ2) is 11.0. The lowest BCUT2D eigenvalue weighted by Gasteiger charge is -2.17. The van der Waals surface area contributed by atoms with Crippen LogP contribution in [-0.4, -0.2) is 35.0 Å². The molecule has 1 amide bonds. The van der Waals surface area contributed by atoms with Crippen molar-refractivity contribution in [3.8, 4) is 11.4 Å². The number of ketones is 1. The molecule has 190 valence electrons. The maximum Gasteiger partial charge on any atom is 0.438 e. The highest BCUT2D eigenvalue weighted by molar-refractivity contribution is 9.10. The Morgan fingerprint density at radius 2 is 1.79 bits per heavy atom. The van der Waals surface area contributed by atoms with Crippen LogP contribution >= 0.6 is 27.7 Å². The smallest absolute Gasteiger partial charge is 0.438 e. The van der Waals surface area contributed by atoms with Crippen molar-refractivity contribution in [3.63, 3.8) is 0 Å². The van der Waals surface area contributed by atoms with E-state index in [1.807, 2.05) is 42.5 Å². The number of para-hydroxylation sites is 1. The number of aromatic amines is 1. The zero-order valence-electron chi connectivity index (χ0n) is 20.0. The monoisotopic (exact) mass is 591 g/mol. The van der Waals surface area contributed by atoms with Gasteiger partial charge >= 0.3 is 11.3 Å². The Hall–Kier alpha value is -4.22. The van der Waals surface area contributed by atoms with Crippen LogP contribution in [0.25, 0.3) is 11.8 Å². The molecule has 0 radical (unpaired) electrons. The van der Waals surface area contributed by atoms with E-state index in [9.17, 15) is 14.4 Å². The summed E-state index contributed by atoms with van der Waals surface area (Å²) < 4.78 is 12.3. The van der Waals surface area contributed by atoms with Gasteiger partial charge in [-0.1, -0.05) is 58.0 Å². The van der Waals surface area contributed by atoms with Crippen LogP contribution in [0.2, 0.25) is 0 Å². The number of aliphatic imine (C=N–C) groups is 1. The van der Waals surface area contributed by atoms with Gasteiger partial charge in [0, 0.05) is 16.6 Å². The number of aromatic nitrogens is 2. The Balaban J connectivity index is 1.43. The number of thioether (sulfide) groups is 1. The number of Topliss-reactive ketones (excluding diaryl/α,β-unsaturated/α-hetero) is 1. The lowest BCUT2D eigenvalue weighted by molar-refractivity contribution is -0.672. The number of carbonyl (C=O) groups excluding carboxylic acids is 2. The van der Waals surface area contributed by atoms with Crippen LogP contribution in [0.5, 0.6) is 5.75 Å². The molecule has 0 fully saturated rings. The van der Waals surface area contributed by atoms with Crippen LogP contribution < -0.4 is 19.9 Å². The van der Waals surface area contributed by atoms with E-state index in [4.69, 9.17) is 9.26 Å². The van der Waals surface area contributed by atoms with Crippen LogP contribution in [0.15, 0.2) is 103 Å². The molecule has 1 aromatic heterocycles. The number of nitrogens with zero attached hydrogens (tertiary/aromatic N) is 3. The van der Waals surface area contributed by atoms with Gasteiger partial charge in [0.1, 0.15) is 11.4 Å². The number of benzene rings is 3. The number of rotatable bonds is 7. The highest BCUT2D eigenvalue weighted by Crippen LogP contribution is 2.29. The molecule has 0 saturated carbocycles. The third kappa shape index (κ3) is 5.24. The number of hydrogen-bond donors (Lipinski definition) is 1. The van der Waals surface area contributed by atoms with Crippen LogP contribution in [0.1, 0.15) is 16.1 Å². The second-order valence-electron chi connectivity index (χ2n) is 8.03. The number of nitrogens with one attached hydrogen (secondary N) is 1. The van der Waals surface area contributed by atoms with Gasteiger partial charge in [-0.3, -0.25) is 19.0 Å². The number of halogens is 1. The number of methoxy groups -OCH3 is 1. The molecule has 0 atom stereocenters. The molecule has 5 rings (SSSR count). The number of hydrogen-bond acceptors (Lipinski definition) is 7. The van der Waals surface area contributed by atoms with Gasteiger partial charge in [-0.15, -0.1) is 0 Å². The van der Waals surface area contributed by atoms with Gasteiger partial charge in [-0.25, -0.2) is 9.79 Å². The first-order valence-electron chi connectivity index (χ1n) is 11.3. The molecular weight excluding hydrogens is 572 g/mol. The molecule has 0 saturated heterocycles. The average molecular weight is 592 g/mol. The molecule has 4 aromatic rings. The standard InChI is InChI=1S/C27H19BrN4O5S/c1-36-21-13-11-20(12-14-21)32-24(26(35)37-30-32)23(33)16-38-27-29-22(15-17-7-9-18(28)10-8-17)25(34)31(27)19-5-3-2-4-6-19/h2-15H,16H2,1H3/p+1/b22-15+. The summed E-state index contributed by atoms with van der Waals surface area (Å²) in [6.45, 7) is 0. The SMILES string of the molecule is COc1ccc(-[n+]2[nH]oc(=O)c2C(=O)CSC2=N/C(=C/c3ccc(Br)cc3)C(=O)N2c2ccccc2)cc1. The Labute approximate surface area is 229 Å². The topological polar surface area (TPSA) is 109 Å². The predicted molar refractivity (Wildman–Crippen MR) is 148 cm³/mol. The lowest BCUT2D eigenvalue weighted by Crippen LogP contribution is -2.41. The fourth-order valence-corrected chi connectivity index (χ4v) is 4.88. The first kappa shape index (κ1) is 25.4. The summed E-state index contributed by atoms with van der Waals surface area (Å²) in [6, 6.07) is 23.3. The zero-order valence-corrected chi connectivity index (χ0v) is 22.4. The highest BCUT2D eigenvalue weighted by Gasteiger charge is 2.35. The average Bonchev–Trinajstić information content (AvgIpc) is 3.48. The van der Waals surface area contributed by atoms with Crippen LogP contribution in [-0.2, 0) is 4.79 Å². The molecule has 11 heteroatoms. The number of amidine groups is 1. The molecule has 0 spiro atoms. The number of carbonyl (C=O) groups is 2. The molecule has 0 unspecified atom stereocenters. The summed E-state index contributed by atoms with van der Waals surface area (Å²) in [7, 11) is 1.54. The van der Waals surface area contributed by atoms with Gasteiger partial charge in [0.25, 0.3) is 5.91 Å². The molecule has 1 N–H and O–H groups in total. The molecule has 1 aliphatic heterocycles. The first-order chi connectivity index (χ1) is 18.4. The van der Waals surface area contributed by atoms with Crippen LogP contribution in [0.3, 0.4) is 0 Å². The largest absolute Gasteiger partial charge is 0.497 e. The van der Waals surface area contributed by atoms with Crippen molar-refractivity contribution < 1.29 is 23.5 Å². The van der Waals surface area contributed by atoms with Gasteiger partial charge in [-0.05, 0) is 58.0 Å². The summed E-state index contributed by atoms with van der Waals surface area (Å²) in [5.74, 6) is -0.335. The number of anilines is 1. The van der Waals surface area contributed by atoms with Crippen molar-refractivity contribution >= 4 is 56.3 Å². The van der Waals surface area contributed by atoms with Gasteiger partial charge < -0.3 is 4.74 Å². The van der Waals surface area contributed by atoms with E-state index in [0.29, 0.717) is 22.3 Å². The van der Waals surface area contributed by atoms with E-state index < -0.39 is 11.4 Å². The Kier molecular flexibility index (Phi) is 7.38. The summed E-state index contributed by atoms with van der Waals surface area (Å²) in [6.07, 6.45) is 1.69. The number of ether oxygens (including phenoxy) is 1. The molecule has 0 aliphatic carbocycles. The van der Waals surface area contributed by atoms with Gasteiger partial charge in [-0.2, -0.15) is 0 Å². The van der Waals surface area contributed by atoms with E-state index in [1.165, 1.54) is 9.58 Å². The molecule has 2 heterocycles. The Morgan fingerprint density at radius 3 is 2.47 bits per heavy atom. The maximum absolute atomic E-state index is 13.4. The van der Waals surface area contributed by atoms with Crippen LogP contribution in [0.4, 0.5) is 5.69 Å². The number of amides is 1. The van der Waals surface area contributed by atoms with Crippen LogP contribution in [0, 0.1) is 0 Å². The van der Waals surface area contributed by atoms with E-state index in [-0.39, 0.29) is 23.1 Å². The Morgan fingerprint density at radius 1 is 1.08 bits per heavy atom. The molecule has 0 bridgehead atoms. The summed E-state index contributed by atoms with van der Waals surface area (Å²) >= 11 is 4.47. The molecule has 9 nitrogen and oxygen atoms in total. The summed E-state index contributed by atoms with van der Waals surface area (Å²) in [5.41, 5.74) is 1.20. The van der Waals surface area contributed by atoms with E-state index >= 15 is 0 Å². The molecule has 1 aliphatic rings. The quantitative estimate of drug-likeness (QED) is 0.194. The summed E-state index contributed by atoms with van der Waals surface area (Å²) in [5, 5.41) is 2.80.